The SMILES string of the molecule is CC(C)Oc1ccc(CC[C@@H](C)Nc2ncc(C(N)=O)cc2Cl)cc1. The normalized spacial score (nSPS) is 12.0. The Hall–Kier alpha value is -2.27. The first kappa shape index (κ1) is 19.1. The van der Waals surface area contributed by atoms with Crippen molar-refractivity contribution in [1.82, 2.24) is 4.98 Å². The summed E-state index contributed by atoms with van der Waals surface area (Å²) in [5, 5.41) is 3.65. The molecule has 0 aliphatic carbocycles. The van der Waals surface area contributed by atoms with Gasteiger partial charge in [-0.15, -0.1) is 0 Å². The van der Waals surface area contributed by atoms with E-state index < -0.39 is 5.91 Å². The summed E-state index contributed by atoms with van der Waals surface area (Å²) in [7, 11) is 0. The molecule has 134 valence electrons. The summed E-state index contributed by atoms with van der Waals surface area (Å²) in [6.07, 6.45) is 3.44. The Labute approximate surface area is 153 Å². The topological polar surface area (TPSA) is 77.2 Å². The summed E-state index contributed by atoms with van der Waals surface area (Å²) in [6.45, 7) is 6.09. The molecule has 0 spiro atoms. The van der Waals surface area contributed by atoms with Crippen molar-refractivity contribution in [2.75, 3.05) is 5.32 Å². The Kier molecular flexibility index (Phi) is 6.65. The number of aryl methyl sites for hydroxylation is 1. The van der Waals surface area contributed by atoms with Crippen LogP contribution >= 0.6 is 11.6 Å². The maximum atomic E-state index is 11.1. The summed E-state index contributed by atoms with van der Waals surface area (Å²) in [4.78, 5) is 15.3. The highest BCUT2D eigenvalue weighted by atomic mass is 35.5. The molecule has 1 heterocycles. The van der Waals surface area contributed by atoms with Crippen LogP contribution in [0.3, 0.4) is 0 Å². The lowest BCUT2D eigenvalue weighted by Gasteiger charge is -2.16. The molecule has 0 fully saturated rings. The van der Waals surface area contributed by atoms with Crippen LogP contribution in [0.4, 0.5) is 5.82 Å². The van der Waals surface area contributed by atoms with Crippen LogP contribution in [0.15, 0.2) is 36.5 Å². The van der Waals surface area contributed by atoms with Gasteiger partial charge >= 0.3 is 0 Å². The van der Waals surface area contributed by atoms with E-state index in [0.29, 0.717) is 16.4 Å². The van der Waals surface area contributed by atoms with Crippen LogP contribution in [0.2, 0.25) is 5.02 Å². The minimum Gasteiger partial charge on any atom is -0.491 e. The largest absolute Gasteiger partial charge is 0.491 e. The molecule has 0 unspecified atom stereocenters. The number of pyridine rings is 1. The predicted octanol–water partition coefficient (Wildman–Crippen LogP) is 4.05. The maximum Gasteiger partial charge on any atom is 0.250 e. The number of nitrogens with one attached hydrogen (secondary N) is 1. The standard InChI is InChI=1S/C19H24ClN3O2/c1-12(2)25-16-8-6-14(7-9-16)5-4-13(3)23-19-17(20)10-15(11-22-19)18(21)24/h6-13H,4-5H2,1-3H3,(H2,21,24)(H,22,23)/t13-/m1/s1. The number of benzene rings is 1. The smallest absolute Gasteiger partial charge is 0.250 e. The number of amides is 1. The molecule has 1 atom stereocenters. The molecular formula is C19H24ClN3O2. The molecule has 1 aromatic carbocycles. The number of primary amides is 1. The number of nitrogens with two attached hydrogens (primary N) is 1. The Bertz CT molecular complexity index is 717. The number of hydrogen-bond acceptors (Lipinski definition) is 4. The molecule has 6 heteroatoms. The second-order valence-electron chi connectivity index (χ2n) is 6.31. The molecule has 0 radical (unpaired) electrons. The third-order valence-electron chi connectivity index (χ3n) is 3.67. The van der Waals surface area contributed by atoms with Crippen molar-refractivity contribution in [3.8, 4) is 5.75 Å². The van der Waals surface area contributed by atoms with E-state index in [1.807, 2.05) is 26.0 Å². The lowest BCUT2D eigenvalue weighted by molar-refractivity contribution is 0.1000. The highest BCUT2D eigenvalue weighted by Gasteiger charge is 2.10. The minimum absolute atomic E-state index is 0.174. The van der Waals surface area contributed by atoms with E-state index in [1.165, 1.54) is 17.8 Å². The van der Waals surface area contributed by atoms with Crippen molar-refractivity contribution in [2.24, 2.45) is 5.73 Å². The molecule has 0 aliphatic rings. The highest BCUT2D eigenvalue weighted by molar-refractivity contribution is 6.33. The van der Waals surface area contributed by atoms with Gasteiger partial charge in [0.2, 0.25) is 5.91 Å². The van der Waals surface area contributed by atoms with Gasteiger partial charge in [-0.2, -0.15) is 0 Å². The fraction of sp³-hybridized carbons (Fsp3) is 0.368. The second kappa shape index (κ2) is 8.72. The van der Waals surface area contributed by atoms with Crippen LogP contribution in [0, 0.1) is 0 Å². The average Bonchev–Trinajstić information content (AvgIpc) is 2.55. The van der Waals surface area contributed by atoms with E-state index in [2.05, 4.69) is 29.4 Å². The molecule has 0 bridgehead atoms. The first-order valence-electron chi connectivity index (χ1n) is 8.32. The molecule has 1 amide bonds. The van der Waals surface area contributed by atoms with Gasteiger partial charge in [-0.1, -0.05) is 23.7 Å². The van der Waals surface area contributed by atoms with Gasteiger partial charge in [-0.3, -0.25) is 4.79 Å². The third kappa shape index (κ3) is 5.94. The third-order valence-corrected chi connectivity index (χ3v) is 3.96. The number of aromatic nitrogens is 1. The van der Waals surface area contributed by atoms with Crippen LogP contribution in [-0.4, -0.2) is 23.0 Å². The van der Waals surface area contributed by atoms with Gasteiger partial charge in [0, 0.05) is 12.2 Å². The molecule has 1 aromatic heterocycles. The summed E-state index contributed by atoms with van der Waals surface area (Å²) in [6, 6.07) is 9.85. The molecule has 0 saturated heterocycles. The number of ether oxygens (including phenoxy) is 1. The molecule has 2 rings (SSSR count). The van der Waals surface area contributed by atoms with Gasteiger partial charge in [-0.05, 0) is 57.4 Å². The first-order valence-corrected chi connectivity index (χ1v) is 8.70. The van der Waals surface area contributed by atoms with E-state index in [1.54, 1.807) is 0 Å². The summed E-state index contributed by atoms with van der Waals surface area (Å²) >= 11 is 6.15. The number of nitrogens with zero attached hydrogens (tertiary/aromatic N) is 1. The van der Waals surface area contributed by atoms with Crippen LogP contribution < -0.4 is 15.8 Å². The van der Waals surface area contributed by atoms with E-state index >= 15 is 0 Å². The maximum absolute atomic E-state index is 11.1. The fourth-order valence-electron chi connectivity index (χ4n) is 2.37. The fourth-order valence-corrected chi connectivity index (χ4v) is 2.60. The number of rotatable bonds is 8. The first-order chi connectivity index (χ1) is 11.8. The predicted molar refractivity (Wildman–Crippen MR) is 101 cm³/mol. The van der Waals surface area contributed by atoms with E-state index in [-0.39, 0.29) is 12.1 Å². The van der Waals surface area contributed by atoms with Gasteiger partial charge < -0.3 is 15.8 Å². The van der Waals surface area contributed by atoms with Crippen molar-refractivity contribution in [2.45, 2.75) is 45.8 Å². The Balaban J connectivity index is 1.88. The molecule has 2 aromatic rings. The quantitative estimate of drug-likeness (QED) is 0.743. The second-order valence-corrected chi connectivity index (χ2v) is 6.72. The summed E-state index contributed by atoms with van der Waals surface area (Å²) < 4.78 is 5.65. The van der Waals surface area contributed by atoms with E-state index in [0.717, 1.165) is 18.6 Å². The zero-order valence-electron chi connectivity index (χ0n) is 14.8. The number of carbonyl (C=O) groups excluding carboxylic acids is 1. The number of carbonyl (C=O) groups is 1. The Morgan fingerprint density at radius 2 is 1.96 bits per heavy atom. The lowest BCUT2D eigenvalue weighted by Crippen LogP contribution is -2.18. The van der Waals surface area contributed by atoms with Crippen LogP contribution in [0.25, 0.3) is 0 Å². The Morgan fingerprint density at radius 3 is 2.52 bits per heavy atom. The van der Waals surface area contributed by atoms with Crippen molar-refractivity contribution in [3.63, 3.8) is 0 Å². The number of hydrogen-bond donors (Lipinski definition) is 2. The summed E-state index contributed by atoms with van der Waals surface area (Å²) in [5.41, 5.74) is 6.76. The number of halogens is 1. The molecule has 3 N–H and O–H groups in total. The van der Waals surface area contributed by atoms with Crippen molar-refractivity contribution in [1.29, 1.82) is 0 Å². The zero-order valence-corrected chi connectivity index (χ0v) is 15.5. The Morgan fingerprint density at radius 1 is 1.28 bits per heavy atom. The van der Waals surface area contributed by atoms with Gasteiger partial charge in [0.1, 0.15) is 11.6 Å². The van der Waals surface area contributed by atoms with E-state index in [4.69, 9.17) is 22.1 Å². The van der Waals surface area contributed by atoms with E-state index in [9.17, 15) is 4.79 Å². The van der Waals surface area contributed by atoms with Crippen molar-refractivity contribution >= 4 is 23.3 Å². The summed E-state index contributed by atoms with van der Waals surface area (Å²) in [5.74, 6) is 0.897. The molecule has 0 saturated carbocycles. The molecule has 5 nitrogen and oxygen atoms in total. The van der Waals surface area contributed by atoms with Crippen LogP contribution in [0.5, 0.6) is 5.75 Å². The lowest BCUT2D eigenvalue weighted by atomic mass is 10.1. The monoisotopic (exact) mass is 361 g/mol. The minimum atomic E-state index is -0.543. The van der Waals surface area contributed by atoms with Gasteiger partial charge in [0.25, 0.3) is 0 Å². The number of anilines is 1. The van der Waals surface area contributed by atoms with Gasteiger partial charge in [0.15, 0.2) is 0 Å². The van der Waals surface area contributed by atoms with Gasteiger partial charge in [-0.25, -0.2) is 4.98 Å². The van der Waals surface area contributed by atoms with Crippen molar-refractivity contribution < 1.29 is 9.53 Å². The molecule has 25 heavy (non-hydrogen) atoms. The average molecular weight is 362 g/mol. The van der Waals surface area contributed by atoms with Crippen LogP contribution in [-0.2, 0) is 6.42 Å². The van der Waals surface area contributed by atoms with Crippen LogP contribution in [0.1, 0.15) is 43.1 Å². The van der Waals surface area contributed by atoms with Crippen molar-refractivity contribution in [3.05, 3.63) is 52.7 Å². The molecular weight excluding hydrogens is 338 g/mol. The highest BCUT2D eigenvalue weighted by Crippen LogP contribution is 2.22. The zero-order chi connectivity index (χ0) is 18.4. The van der Waals surface area contributed by atoms with Gasteiger partial charge in [0.05, 0.1) is 16.7 Å². The molecule has 0 aliphatic heterocycles.